The molecule has 98 valence electrons. The maximum Gasteiger partial charge on any atom is 0.256 e. The van der Waals surface area contributed by atoms with Gasteiger partial charge in [-0.2, -0.15) is 0 Å². The zero-order valence-corrected chi connectivity index (χ0v) is 11.7. The van der Waals surface area contributed by atoms with Gasteiger partial charge in [0.25, 0.3) is 5.91 Å². The van der Waals surface area contributed by atoms with E-state index in [4.69, 9.17) is 5.73 Å². The number of aryl methyl sites for hydroxylation is 1. The molecule has 5 nitrogen and oxygen atoms in total. The first-order valence-electron chi connectivity index (χ1n) is 5.50. The molecule has 2 rings (SSSR count). The van der Waals surface area contributed by atoms with Gasteiger partial charge in [0.15, 0.2) is 11.6 Å². The van der Waals surface area contributed by atoms with Crippen molar-refractivity contribution >= 4 is 33.3 Å². The number of carbonyl (C=O) groups is 1. The van der Waals surface area contributed by atoms with Gasteiger partial charge in [0.05, 0.1) is 0 Å². The van der Waals surface area contributed by atoms with Gasteiger partial charge >= 0.3 is 0 Å². The fourth-order valence-corrected chi connectivity index (χ4v) is 1.75. The summed E-state index contributed by atoms with van der Waals surface area (Å²) >= 11 is 3.26. The molecule has 0 radical (unpaired) electrons. The summed E-state index contributed by atoms with van der Waals surface area (Å²) < 4.78 is 0.723. The van der Waals surface area contributed by atoms with E-state index in [1.807, 2.05) is 0 Å². The summed E-state index contributed by atoms with van der Waals surface area (Å²) in [5.41, 5.74) is 7.27. The van der Waals surface area contributed by atoms with Gasteiger partial charge in [-0.3, -0.25) is 4.79 Å². The number of nitrogens with two attached hydrogens (primary N) is 1. The van der Waals surface area contributed by atoms with E-state index in [1.165, 1.54) is 6.07 Å². The van der Waals surface area contributed by atoms with Crippen molar-refractivity contribution in [2.75, 3.05) is 11.1 Å². The highest BCUT2D eigenvalue weighted by Gasteiger charge is 2.11. The zero-order chi connectivity index (χ0) is 14.0. The SMILES string of the molecule is Cc1ccc(O)c(NC(=O)c2ccc(Br)c(N)c2)n1. The Kier molecular flexibility index (Phi) is 3.71. The molecule has 0 spiro atoms. The number of nitrogens with zero attached hydrogens (tertiary/aromatic N) is 1. The fourth-order valence-electron chi connectivity index (χ4n) is 1.51. The Hall–Kier alpha value is -2.08. The van der Waals surface area contributed by atoms with Crippen molar-refractivity contribution in [2.45, 2.75) is 6.92 Å². The van der Waals surface area contributed by atoms with E-state index in [0.29, 0.717) is 16.9 Å². The first-order valence-corrected chi connectivity index (χ1v) is 6.29. The molecule has 0 unspecified atom stereocenters. The first-order chi connectivity index (χ1) is 8.97. The molecule has 19 heavy (non-hydrogen) atoms. The van der Waals surface area contributed by atoms with Crippen LogP contribution in [0, 0.1) is 6.92 Å². The van der Waals surface area contributed by atoms with E-state index in [0.717, 1.165) is 4.47 Å². The Bertz CT molecular complexity index is 644. The molecule has 6 heteroatoms. The average molecular weight is 322 g/mol. The summed E-state index contributed by atoms with van der Waals surface area (Å²) in [6, 6.07) is 8.00. The third-order valence-corrected chi connectivity index (χ3v) is 3.23. The van der Waals surface area contributed by atoms with Gasteiger partial charge in [0.2, 0.25) is 0 Å². The summed E-state index contributed by atoms with van der Waals surface area (Å²) in [4.78, 5) is 16.1. The minimum atomic E-state index is -0.382. The molecule has 1 heterocycles. The minimum Gasteiger partial charge on any atom is -0.504 e. The van der Waals surface area contributed by atoms with Crippen LogP contribution in [0.15, 0.2) is 34.8 Å². The van der Waals surface area contributed by atoms with Gasteiger partial charge in [-0.15, -0.1) is 0 Å². The number of aromatic nitrogens is 1. The molecule has 1 amide bonds. The number of carbonyl (C=O) groups excluding carboxylic acids is 1. The summed E-state index contributed by atoms with van der Waals surface area (Å²) in [5, 5.41) is 12.2. The third kappa shape index (κ3) is 3.03. The van der Waals surface area contributed by atoms with Gasteiger partial charge in [-0.25, -0.2) is 4.98 Å². The number of hydrogen-bond donors (Lipinski definition) is 3. The standard InChI is InChI=1S/C13H12BrN3O2/c1-7-2-5-11(18)12(16-7)17-13(19)8-3-4-9(14)10(15)6-8/h2-6,18H,15H2,1H3,(H,16,17,19). The van der Waals surface area contributed by atoms with Crippen molar-refractivity contribution in [3.05, 3.63) is 46.1 Å². The van der Waals surface area contributed by atoms with E-state index in [9.17, 15) is 9.90 Å². The molecule has 0 fully saturated rings. The number of anilines is 2. The van der Waals surface area contributed by atoms with E-state index < -0.39 is 0 Å². The van der Waals surface area contributed by atoms with Crippen LogP contribution in [-0.4, -0.2) is 16.0 Å². The lowest BCUT2D eigenvalue weighted by Gasteiger charge is -2.08. The van der Waals surface area contributed by atoms with Crippen LogP contribution in [0.5, 0.6) is 5.75 Å². The van der Waals surface area contributed by atoms with Gasteiger partial charge in [0.1, 0.15) is 0 Å². The van der Waals surface area contributed by atoms with Crippen LogP contribution in [0.1, 0.15) is 16.1 Å². The van der Waals surface area contributed by atoms with Crippen molar-refractivity contribution < 1.29 is 9.90 Å². The molecule has 0 atom stereocenters. The van der Waals surface area contributed by atoms with E-state index >= 15 is 0 Å². The molecule has 2 aromatic rings. The largest absolute Gasteiger partial charge is 0.504 e. The Balaban J connectivity index is 2.25. The second-order valence-corrected chi connectivity index (χ2v) is 4.87. The smallest absolute Gasteiger partial charge is 0.256 e. The van der Waals surface area contributed by atoms with Crippen molar-refractivity contribution in [3.63, 3.8) is 0 Å². The number of nitrogens with one attached hydrogen (secondary N) is 1. The summed E-state index contributed by atoms with van der Waals surface area (Å²) in [7, 11) is 0. The maximum atomic E-state index is 12.0. The van der Waals surface area contributed by atoms with Gasteiger partial charge in [-0.1, -0.05) is 0 Å². The van der Waals surface area contributed by atoms with Crippen LogP contribution in [0.2, 0.25) is 0 Å². The summed E-state index contributed by atoms with van der Waals surface area (Å²) in [6.07, 6.45) is 0. The van der Waals surface area contributed by atoms with Gasteiger partial charge in [0, 0.05) is 21.4 Å². The highest BCUT2D eigenvalue weighted by atomic mass is 79.9. The van der Waals surface area contributed by atoms with Crippen LogP contribution in [0.25, 0.3) is 0 Å². The Labute approximate surface area is 118 Å². The van der Waals surface area contributed by atoms with E-state index in [2.05, 4.69) is 26.2 Å². The molecule has 0 aliphatic carbocycles. The number of nitrogen functional groups attached to an aromatic ring is 1. The molecule has 4 N–H and O–H groups in total. The normalized spacial score (nSPS) is 10.2. The van der Waals surface area contributed by atoms with Crippen molar-refractivity contribution in [1.29, 1.82) is 0 Å². The predicted molar refractivity (Wildman–Crippen MR) is 77.1 cm³/mol. The summed E-state index contributed by atoms with van der Waals surface area (Å²) in [6.45, 7) is 1.77. The highest BCUT2D eigenvalue weighted by molar-refractivity contribution is 9.10. The molecule has 0 saturated carbocycles. The van der Waals surface area contributed by atoms with E-state index in [-0.39, 0.29) is 17.5 Å². The van der Waals surface area contributed by atoms with Gasteiger partial charge < -0.3 is 16.2 Å². The number of hydrogen-bond acceptors (Lipinski definition) is 4. The number of pyridine rings is 1. The monoisotopic (exact) mass is 321 g/mol. The predicted octanol–water partition coefficient (Wildman–Crippen LogP) is 2.69. The van der Waals surface area contributed by atoms with Crippen LogP contribution in [0.3, 0.4) is 0 Å². The Morgan fingerprint density at radius 3 is 2.79 bits per heavy atom. The van der Waals surface area contributed by atoms with E-state index in [1.54, 1.807) is 31.2 Å². The maximum absolute atomic E-state index is 12.0. The molecular formula is C13H12BrN3O2. The molecule has 1 aromatic heterocycles. The van der Waals surface area contributed by atoms with Crippen molar-refractivity contribution in [3.8, 4) is 5.75 Å². The zero-order valence-electron chi connectivity index (χ0n) is 10.1. The lowest BCUT2D eigenvalue weighted by atomic mass is 10.2. The number of amides is 1. The second-order valence-electron chi connectivity index (χ2n) is 4.01. The molecule has 0 aliphatic rings. The second kappa shape index (κ2) is 5.27. The molecular weight excluding hydrogens is 310 g/mol. The molecule has 0 saturated heterocycles. The topological polar surface area (TPSA) is 88.2 Å². The summed E-state index contributed by atoms with van der Waals surface area (Å²) in [5.74, 6) is -0.330. The number of benzene rings is 1. The van der Waals surface area contributed by atoms with Crippen LogP contribution >= 0.6 is 15.9 Å². The van der Waals surface area contributed by atoms with Crippen LogP contribution in [-0.2, 0) is 0 Å². The Morgan fingerprint density at radius 1 is 1.37 bits per heavy atom. The number of halogens is 1. The quantitative estimate of drug-likeness (QED) is 0.742. The fraction of sp³-hybridized carbons (Fsp3) is 0.0769. The lowest BCUT2D eigenvalue weighted by molar-refractivity contribution is 0.102. The average Bonchev–Trinajstić information content (AvgIpc) is 2.37. The van der Waals surface area contributed by atoms with Crippen LogP contribution < -0.4 is 11.1 Å². The first kappa shape index (κ1) is 13.4. The lowest BCUT2D eigenvalue weighted by Crippen LogP contribution is -2.13. The molecule has 0 bridgehead atoms. The van der Waals surface area contributed by atoms with Crippen molar-refractivity contribution in [2.24, 2.45) is 0 Å². The van der Waals surface area contributed by atoms with Crippen molar-refractivity contribution in [1.82, 2.24) is 4.98 Å². The minimum absolute atomic E-state index is 0.0796. The number of rotatable bonds is 2. The number of aromatic hydroxyl groups is 1. The highest BCUT2D eigenvalue weighted by Crippen LogP contribution is 2.23. The Morgan fingerprint density at radius 2 is 2.11 bits per heavy atom. The van der Waals surface area contributed by atoms with Crippen LogP contribution in [0.4, 0.5) is 11.5 Å². The van der Waals surface area contributed by atoms with Gasteiger partial charge in [-0.05, 0) is 53.2 Å². The third-order valence-electron chi connectivity index (χ3n) is 2.50. The molecule has 0 aliphatic heterocycles. The molecule has 1 aromatic carbocycles.